The van der Waals surface area contributed by atoms with Crippen molar-refractivity contribution >= 4 is 22.4 Å². The smallest absolute Gasteiger partial charge is 0.231 e. The normalized spacial score (nSPS) is 12.7. The van der Waals surface area contributed by atoms with Gasteiger partial charge in [0.2, 0.25) is 12.7 Å². The van der Waals surface area contributed by atoms with Gasteiger partial charge in [-0.25, -0.2) is 4.98 Å². The fraction of sp³-hybridized carbons (Fsp3) is 0.375. The predicted molar refractivity (Wildman–Crippen MR) is 85.7 cm³/mol. The second-order valence-corrected chi connectivity index (χ2v) is 6.33. The van der Waals surface area contributed by atoms with Gasteiger partial charge in [-0.1, -0.05) is 19.9 Å². The van der Waals surface area contributed by atoms with Crippen molar-refractivity contribution in [2.24, 2.45) is 0 Å². The lowest BCUT2D eigenvalue weighted by molar-refractivity contribution is -0.116. The Morgan fingerprint density at radius 2 is 2.18 bits per heavy atom. The number of anilines is 1. The van der Waals surface area contributed by atoms with Crippen LogP contribution in [0.5, 0.6) is 11.5 Å². The van der Waals surface area contributed by atoms with Crippen LogP contribution in [0.15, 0.2) is 23.6 Å². The van der Waals surface area contributed by atoms with Crippen LogP contribution in [0.3, 0.4) is 0 Å². The van der Waals surface area contributed by atoms with Gasteiger partial charge in [-0.05, 0) is 30.0 Å². The van der Waals surface area contributed by atoms with Gasteiger partial charge < -0.3 is 14.8 Å². The monoisotopic (exact) mass is 318 g/mol. The number of aryl methyl sites for hydroxylation is 1. The molecule has 1 N–H and O–H groups in total. The number of aromatic nitrogens is 1. The number of nitrogens with zero attached hydrogens (tertiary/aromatic N) is 1. The maximum atomic E-state index is 12.0. The molecular weight excluding hydrogens is 300 g/mol. The molecule has 0 saturated heterocycles. The molecule has 0 aliphatic carbocycles. The fourth-order valence-corrected chi connectivity index (χ4v) is 3.03. The number of benzene rings is 1. The highest BCUT2D eigenvalue weighted by Crippen LogP contribution is 2.32. The van der Waals surface area contributed by atoms with Crippen molar-refractivity contribution in [2.75, 3.05) is 12.1 Å². The lowest BCUT2D eigenvalue weighted by atomic mass is 10.1. The van der Waals surface area contributed by atoms with E-state index in [0.717, 1.165) is 22.8 Å². The average molecular weight is 318 g/mol. The molecule has 0 atom stereocenters. The topological polar surface area (TPSA) is 60.5 Å². The number of hydrogen-bond donors (Lipinski definition) is 1. The molecule has 2 heterocycles. The summed E-state index contributed by atoms with van der Waals surface area (Å²) in [5.74, 6) is 1.86. The van der Waals surface area contributed by atoms with Crippen LogP contribution < -0.4 is 14.8 Å². The van der Waals surface area contributed by atoms with Gasteiger partial charge in [0.15, 0.2) is 16.6 Å². The summed E-state index contributed by atoms with van der Waals surface area (Å²) in [6.07, 6.45) is 1.07. The summed E-state index contributed by atoms with van der Waals surface area (Å²) in [5, 5.41) is 5.50. The molecule has 0 bridgehead atoms. The number of fused-ring (bicyclic) bond motifs is 1. The van der Waals surface area contributed by atoms with E-state index in [1.807, 2.05) is 23.6 Å². The Balaban J connectivity index is 1.53. The van der Waals surface area contributed by atoms with E-state index < -0.39 is 0 Å². The molecule has 0 saturated carbocycles. The average Bonchev–Trinajstić information content (AvgIpc) is 3.13. The van der Waals surface area contributed by atoms with Crippen LogP contribution in [0.25, 0.3) is 0 Å². The van der Waals surface area contributed by atoms with Gasteiger partial charge in [-0.15, -0.1) is 11.3 Å². The van der Waals surface area contributed by atoms with Crippen molar-refractivity contribution in [3.63, 3.8) is 0 Å². The van der Waals surface area contributed by atoms with E-state index in [4.69, 9.17) is 9.47 Å². The number of rotatable bonds is 5. The summed E-state index contributed by atoms with van der Waals surface area (Å²) in [6, 6.07) is 5.77. The minimum atomic E-state index is -0.0256. The lowest BCUT2D eigenvalue weighted by Gasteiger charge is -2.04. The third-order valence-electron chi connectivity index (χ3n) is 3.44. The molecule has 1 aliphatic rings. The van der Waals surface area contributed by atoms with Crippen molar-refractivity contribution < 1.29 is 14.3 Å². The highest BCUT2D eigenvalue weighted by atomic mass is 32.1. The van der Waals surface area contributed by atoms with Crippen molar-refractivity contribution in [1.29, 1.82) is 0 Å². The second kappa shape index (κ2) is 6.36. The standard InChI is InChI=1S/C16H18N2O3S/c1-10(2)12-8-22-16(17-12)18-15(19)6-4-11-3-5-13-14(7-11)21-9-20-13/h3,5,7-8,10H,4,6,9H2,1-2H3,(H,17,18,19). The van der Waals surface area contributed by atoms with Crippen LogP contribution in [-0.4, -0.2) is 17.7 Å². The highest BCUT2D eigenvalue weighted by molar-refractivity contribution is 7.13. The first-order chi connectivity index (χ1) is 10.6. The summed E-state index contributed by atoms with van der Waals surface area (Å²) in [5.41, 5.74) is 2.07. The molecule has 1 aromatic carbocycles. The molecule has 1 amide bonds. The van der Waals surface area contributed by atoms with Crippen LogP contribution in [0.2, 0.25) is 0 Å². The third-order valence-corrected chi connectivity index (χ3v) is 4.21. The third kappa shape index (κ3) is 3.39. The van der Waals surface area contributed by atoms with Gasteiger partial charge in [0.05, 0.1) is 5.69 Å². The zero-order valence-electron chi connectivity index (χ0n) is 12.6. The zero-order chi connectivity index (χ0) is 15.5. The largest absolute Gasteiger partial charge is 0.454 e. The minimum absolute atomic E-state index is 0.0256. The highest BCUT2D eigenvalue weighted by Gasteiger charge is 2.14. The molecule has 1 aliphatic heterocycles. The van der Waals surface area contributed by atoms with Crippen LogP contribution in [-0.2, 0) is 11.2 Å². The van der Waals surface area contributed by atoms with Gasteiger partial charge in [0.1, 0.15) is 0 Å². The van der Waals surface area contributed by atoms with Crippen molar-refractivity contribution in [1.82, 2.24) is 4.98 Å². The maximum Gasteiger partial charge on any atom is 0.231 e. The molecular formula is C16H18N2O3S. The number of carbonyl (C=O) groups excluding carboxylic acids is 1. The molecule has 6 heteroatoms. The van der Waals surface area contributed by atoms with E-state index in [9.17, 15) is 4.79 Å². The quantitative estimate of drug-likeness (QED) is 0.915. The molecule has 116 valence electrons. The number of thiazole rings is 1. The Kier molecular flexibility index (Phi) is 4.29. The second-order valence-electron chi connectivity index (χ2n) is 5.47. The summed E-state index contributed by atoms with van der Waals surface area (Å²) >= 11 is 1.46. The molecule has 1 aromatic heterocycles. The Bertz CT molecular complexity index is 682. The Morgan fingerprint density at radius 1 is 1.36 bits per heavy atom. The number of ether oxygens (including phenoxy) is 2. The van der Waals surface area contributed by atoms with E-state index in [-0.39, 0.29) is 12.7 Å². The molecule has 2 aromatic rings. The summed E-state index contributed by atoms with van der Waals surface area (Å²) in [7, 11) is 0. The molecule has 5 nitrogen and oxygen atoms in total. The zero-order valence-corrected chi connectivity index (χ0v) is 13.4. The molecule has 0 unspecified atom stereocenters. The number of carbonyl (C=O) groups is 1. The predicted octanol–water partition coefficient (Wildman–Crippen LogP) is 3.57. The Hall–Kier alpha value is -2.08. The van der Waals surface area contributed by atoms with Crippen LogP contribution in [0, 0.1) is 0 Å². The molecule has 3 rings (SSSR count). The van der Waals surface area contributed by atoms with Gasteiger partial charge in [0.25, 0.3) is 0 Å². The van der Waals surface area contributed by atoms with E-state index in [2.05, 4.69) is 24.1 Å². The maximum absolute atomic E-state index is 12.0. The molecule has 0 radical (unpaired) electrons. The van der Waals surface area contributed by atoms with Gasteiger partial charge >= 0.3 is 0 Å². The molecule has 0 spiro atoms. The van der Waals surface area contributed by atoms with E-state index >= 15 is 0 Å². The Morgan fingerprint density at radius 3 is 2.95 bits per heavy atom. The fourth-order valence-electron chi connectivity index (χ4n) is 2.14. The molecule has 0 fully saturated rings. The summed E-state index contributed by atoms with van der Waals surface area (Å²) in [6.45, 7) is 4.43. The van der Waals surface area contributed by atoms with Gasteiger partial charge in [-0.3, -0.25) is 4.79 Å². The number of hydrogen-bond acceptors (Lipinski definition) is 5. The minimum Gasteiger partial charge on any atom is -0.454 e. The van der Waals surface area contributed by atoms with Crippen LogP contribution in [0.1, 0.15) is 37.4 Å². The SMILES string of the molecule is CC(C)c1csc(NC(=O)CCc2ccc3c(c2)OCO3)n1. The first-order valence-electron chi connectivity index (χ1n) is 7.25. The number of nitrogens with one attached hydrogen (secondary N) is 1. The number of amides is 1. The summed E-state index contributed by atoms with van der Waals surface area (Å²) in [4.78, 5) is 16.4. The van der Waals surface area contributed by atoms with E-state index in [1.165, 1.54) is 11.3 Å². The van der Waals surface area contributed by atoms with E-state index in [0.29, 0.717) is 23.9 Å². The van der Waals surface area contributed by atoms with Crippen molar-refractivity contribution in [3.8, 4) is 11.5 Å². The van der Waals surface area contributed by atoms with Gasteiger partial charge in [-0.2, -0.15) is 0 Å². The first kappa shape index (κ1) is 14.8. The van der Waals surface area contributed by atoms with Gasteiger partial charge in [0, 0.05) is 11.8 Å². The van der Waals surface area contributed by atoms with E-state index in [1.54, 1.807) is 0 Å². The van der Waals surface area contributed by atoms with Crippen LogP contribution >= 0.6 is 11.3 Å². The lowest BCUT2D eigenvalue weighted by Crippen LogP contribution is -2.12. The molecule has 22 heavy (non-hydrogen) atoms. The first-order valence-corrected chi connectivity index (χ1v) is 8.13. The summed E-state index contributed by atoms with van der Waals surface area (Å²) < 4.78 is 10.6. The van der Waals surface area contributed by atoms with Crippen molar-refractivity contribution in [2.45, 2.75) is 32.6 Å². The van der Waals surface area contributed by atoms with Crippen molar-refractivity contribution in [3.05, 3.63) is 34.8 Å². The van der Waals surface area contributed by atoms with Crippen LogP contribution in [0.4, 0.5) is 5.13 Å². The Labute approximate surface area is 133 Å².